The van der Waals surface area contributed by atoms with Gasteiger partial charge in [0.15, 0.2) is 0 Å². The van der Waals surface area contributed by atoms with Crippen molar-refractivity contribution in [2.45, 2.75) is 261 Å². The molecule has 2 aromatic rings. The summed E-state index contributed by atoms with van der Waals surface area (Å²) in [5.74, 6) is 11.9. The molecule has 14 unspecified atom stereocenters. The average molecular weight is 2050 g/mol. The molecule has 0 amide bonds. The number of hydrogen-bond donors (Lipinski definition) is 0. The second-order valence-corrected chi connectivity index (χ2v) is 58.0. The van der Waals surface area contributed by atoms with Crippen molar-refractivity contribution >= 4 is 84.3 Å². The maximum atomic E-state index is 4.93. The number of fused-ring (bicyclic) bond motifs is 10. The van der Waals surface area contributed by atoms with E-state index in [2.05, 4.69) is 235 Å². The van der Waals surface area contributed by atoms with Crippen molar-refractivity contribution in [2.75, 3.05) is 0 Å². The van der Waals surface area contributed by atoms with E-state index < -0.39 is 99.5 Å². The summed E-state index contributed by atoms with van der Waals surface area (Å²) >= 11 is -3.30. The van der Waals surface area contributed by atoms with E-state index >= 15 is 0 Å². The van der Waals surface area contributed by atoms with Crippen LogP contribution < -0.4 is 0 Å². The van der Waals surface area contributed by atoms with Gasteiger partial charge in [0.05, 0.1) is 16.1 Å². The van der Waals surface area contributed by atoms with Gasteiger partial charge in [-0.1, -0.05) is 395 Å². The molecule has 0 aliphatic heterocycles. The standard InChI is InChI=1S/C35H42Si.C20H28Si.2C9H12.2C9H18.8CH3.8ClH.4Zr/c1-3-4-5-6-7-16-25-36(2,34-30-21-12-8-17-26(30)27-18-9-13-22-31(27)34)35-32-23-14-10-19-28(32)29-20-11-15-24-33(29)35;1-21(2,19-13-11-15-7-3-5-9-17(15)19)20-14-12-16-8-4-6-10-18(16)20;2*1-2-5-9-7-3-6-8(9)4-1;2*1-2-3-6-9-7-4-5-8-9;;;;;;;;;;;;;;;;;;;;/h8-15,17-24,26-27,30-31,34-35H,3-7,16,25H2,1-2H3;3-10,15-20H,11-14H2,1-2H3;2*1-2,4-5,8-9H,3,6-7H2;2*9H,2-8H2,1H3;8*1H3;8*1H;;;;/q;;;;;;8*-1;;;;;;;;;4*+4/p-8/t26?,27?,30?,31?,34?,36-;;;;;;;;;;;;;;;;;;;;;;;;;/m0........................./s1. The molecule has 7 saturated carbocycles. The Balaban J connectivity index is 0. The molecular formula is C99H154Cl8Si2Zr4. The summed E-state index contributed by atoms with van der Waals surface area (Å²) in [6.45, 7) is 15.1. The number of benzene rings is 2. The van der Waals surface area contributed by atoms with Crippen LogP contribution in [0.4, 0.5) is 0 Å². The Morgan fingerprint density at radius 1 is 0.301 bits per heavy atom. The third kappa shape index (κ3) is 35.9. The van der Waals surface area contributed by atoms with E-state index in [1.165, 1.54) is 210 Å². The van der Waals surface area contributed by atoms with Gasteiger partial charge in [-0.25, -0.2) is 0 Å². The van der Waals surface area contributed by atoms with Gasteiger partial charge in [-0.15, -0.1) is 0 Å². The molecule has 7 fully saturated rings. The predicted octanol–water partition coefficient (Wildman–Crippen LogP) is 36.5. The SMILES string of the molecule is C1=CC2CCCC2C=C1.C1=CC2CCCC2C=C1.CCCCC1CCCC1.CCCCC1CCCC1.CCCCCCCC[Si@](C)(C1c2ccccc2-c2ccccc21)C1C2C=CC=CC2C2C=CC=CC21.C[Si](C)(C1CCC2C=CC=CC21)C1CCC2C=CC=CC21.[CH3-].[CH3-].[CH3-].[CH3-].[CH3-].[CH3-].[CH3-].[CH3-].[Cl][Zr+2][Cl].[Cl][Zr+2][Cl].[Cl][Zr+2][Cl].[Cl][Zr+2][Cl]. The van der Waals surface area contributed by atoms with Gasteiger partial charge in [-0.3, -0.25) is 0 Å². The summed E-state index contributed by atoms with van der Waals surface area (Å²) in [5, 5.41) is 0. The molecule has 0 aromatic heterocycles. The summed E-state index contributed by atoms with van der Waals surface area (Å²) in [4.78, 5) is 0. The van der Waals surface area contributed by atoms with Gasteiger partial charge in [0, 0.05) is 5.54 Å². The summed E-state index contributed by atoms with van der Waals surface area (Å²) in [6.07, 6.45) is 101. The van der Waals surface area contributed by atoms with Crippen LogP contribution in [0.3, 0.4) is 0 Å². The first-order valence-corrected chi connectivity index (χ1v) is 72.8. The molecule has 0 N–H and O–H groups in total. The molecule has 0 saturated heterocycles. The zero-order chi connectivity index (χ0) is 75.1. The average Bonchev–Trinajstić information content (AvgIpc) is 1.55. The molecule has 0 radical (unpaired) electrons. The van der Waals surface area contributed by atoms with Gasteiger partial charge in [0.1, 0.15) is 0 Å². The van der Waals surface area contributed by atoms with Crippen molar-refractivity contribution in [1.29, 1.82) is 0 Å². The fourth-order valence-electron chi connectivity index (χ4n) is 21.9. The molecule has 0 bridgehead atoms. The monoisotopic (exact) mass is 2040 g/mol. The van der Waals surface area contributed by atoms with Gasteiger partial charge in [0.25, 0.3) is 0 Å². The predicted molar refractivity (Wildman–Crippen MR) is 511 cm³/mol. The van der Waals surface area contributed by atoms with Gasteiger partial charge in [-0.05, 0) is 160 Å². The zero-order valence-corrected chi connectivity index (χ0v) is 90.7. The Kier molecular flexibility index (Phi) is 69.2. The van der Waals surface area contributed by atoms with Gasteiger partial charge in [-0.2, -0.15) is 0 Å². The molecule has 14 aliphatic rings. The molecule has 0 heterocycles. The molecular weight excluding hydrogens is 1890 g/mol. The molecule has 113 heavy (non-hydrogen) atoms. The zero-order valence-electron chi connectivity index (χ0n) is 72.8. The van der Waals surface area contributed by atoms with Crippen LogP contribution in [0.1, 0.15) is 230 Å². The Morgan fingerprint density at radius 3 is 0.920 bits per heavy atom. The quantitative estimate of drug-likeness (QED) is 0.0841. The van der Waals surface area contributed by atoms with Gasteiger partial charge >= 0.3 is 151 Å². The first-order valence-electron chi connectivity index (χ1n) is 41.5. The fourth-order valence-corrected chi connectivity index (χ4v) is 33.3. The van der Waals surface area contributed by atoms with Crippen LogP contribution in [0.25, 0.3) is 11.1 Å². The number of hydrogen-bond acceptors (Lipinski definition) is 0. The normalized spacial score (nSPS) is 27.4. The van der Waals surface area contributed by atoms with Crippen LogP contribution in [-0.4, -0.2) is 16.1 Å². The molecule has 16 rings (SSSR count). The van der Waals surface area contributed by atoms with Crippen LogP contribution in [0.15, 0.2) is 194 Å². The van der Waals surface area contributed by atoms with Crippen LogP contribution in [0.5, 0.6) is 0 Å². The molecule has 15 atom stereocenters. The number of unbranched alkanes of at least 4 members (excludes halogenated alkanes) is 7. The Hall–Kier alpha value is 1.61. The topological polar surface area (TPSA) is 0 Å². The molecule has 14 aliphatic carbocycles. The summed E-state index contributed by atoms with van der Waals surface area (Å²) < 4.78 is 0. The number of allylic oxidation sites excluding steroid dienone is 24. The van der Waals surface area contributed by atoms with Crippen molar-refractivity contribution in [2.24, 2.45) is 82.9 Å². The van der Waals surface area contributed by atoms with Crippen LogP contribution in [0, 0.1) is 142 Å². The molecule has 2 aromatic carbocycles. The van der Waals surface area contributed by atoms with Gasteiger partial charge < -0.3 is 59.4 Å². The van der Waals surface area contributed by atoms with Crippen LogP contribution in [-0.2, 0) is 83.4 Å². The van der Waals surface area contributed by atoms with Crippen LogP contribution in [0.2, 0.25) is 42.3 Å². The van der Waals surface area contributed by atoms with Crippen molar-refractivity contribution in [3.05, 3.63) is 265 Å². The van der Waals surface area contributed by atoms with Gasteiger partial charge in [0.2, 0.25) is 0 Å². The van der Waals surface area contributed by atoms with Crippen molar-refractivity contribution < 1.29 is 83.4 Å². The van der Waals surface area contributed by atoms with Crippen molar-refractivity contribution in [3.63, 3.8) is 0 Å². The van der Waals surface area contributed by atoms with E-state index in [0.29, 0.717) is 29.2 Å². The third-order valence-electron chi connectivity index (χ3n) is 26.9. The summed E-state index contributed by atoms with van der Waals surface area (Å²) in [5.41, 5.74) is 9.65. The van der Waals surface area contributed by atoms with E-state index in [1.54, 1.807) is 11.1 Å². The summed E-state index contributed by atoms with van der Waals surface area (Å²) in [6, 6.07) is 20.3. The second kappa shape index (κ2) is 67.0. The van der Waals surface area contributed by atoms with E-state index in [4.69, 9.17) is 68.1 Å². The minimum absolute atomic E-state index is 0. The van der Waals surface area contributed by atoms with E-state index in [9.17, 15) is 0 Å². The minimum atomic E-state index is -1.84. The third-order valence-corrected chi connectivity index (χ3v) is 37.7. The Bertz CT molecular complexity index is 2900. The number of rotatable bonds is 17. The fraction of sp³-hybridized carbons (Fsp3) is 0.556. The van der Waals surface area contributed by atoms with Crippen molar-refractivity contribution in [1.82, 2.24) is 0 Å². The summed E-state index contributed by atoms with van der Waals surface area (Å²) in [7, 11) is 36.4. The maximum absolute atomic E-state index is 4.93. The van der Waals surface area contributed by atoms with Crippen LogP contribution >= 0.6 is 68.1 Å². The van der Waals surface area contributed by atoms with Crippen molar-refractivity contribution in [3.8, 4) is 11.1 Å². The van der Waals surface area contributed by atoms with E-state index in [-0.39, 0.29) is 59.4 Å². The number of halogens is 8. The molecule has 14 heteroatoms. The second-order valence-electron chi connectivity index (χ2n) is 33.1. The Labute approximate surface area is 777 Å². The molecule has 0 spiro atoms. The molecule has 630 valence electrons. The first-order chi connectivity index (χ1) is 51.4. The Morgan fingerprint density at radius 2 is 0.584 bits per heavy atom. The molecule has 0 nitrogen and oxygen atoms in total. The van der Waals surface area contributed by atoms with E-state index in [1.807, 2.05) is 0 Å². The van der Waals surface area contributed by atoms with E-state index in [0.717, 1.165) is 75.8 Å². The first kappa shape index (κ1) is 117.